The monoisotopic (exact) mass is 460 g/mol. The summed E-state index contributed by atoms with van der Waals surface area (Å²) < 4.78 is 19.2. The van der Waals surface area contributed by atoms with Gasteiger partial charge in [0.25, 0.3) is 0 Å². The number of aromatic nitrogens is 1. The Bertz CT molecular complexity index is 1130. The molecule has 1 aromatic carbocycles. The van der Waals surface area contributed by atoms with Gasteiger partial charge < -0.3 is 4.74 Å². The van der Waals surface area contributed by atoms with Gasteiger partial charge in [-0.15, -0.1) is 0 Å². The van der Waals surface area contributed by atoms with Crippen molar-refractivity contribution < 1.29 is 13.9 Å². The average molecular weight is 461 g/mol. The molecule has 7 heteroatoms. The molecule has 1 aliphatic heterocycles. The zero-order valence-electron chi connectivity index (χ0n) is 19.3. The Balaban J connectivity index is 1.37. The first-order valence-corrected chi connectivity index (χ1v) is 12.1. The predicted octanol–water partition coefficient (Wildman–Crippen LogP) is 6.44. The Morgan fingerprint density at radius 2 is 2.12 bits per heavy atom. The fraction of sp³-hybridized carbons (Fsp3) is 0.481. The second-order valence-corrected chi connectivity index (χ2v) is 10.00. The number of pyridine rings is 1. The highest BCUT2D eigenvalue weighted by atomic mass is 19.1. The molecule has 3 fully saturated rings. The van der Waals surface area contributed by atoms with Crippen LogP contribution in [-0.4, -0.2) is 23.6 Å². The van der Waals surface area contributed by atoms with Gasteiger partial charge in [-0.3, -0.25) is 9.78 Å². The lowest BCUT2D eigenvalue weighted by atomic mass is 9.56. The average Bonchev–Trinajstić information content (AvgIpc) is 3.13. The van der Waals surface area contributed by atoms with Crippen molar-refractivity contribution >= 4 is 12.0 Å². The van der Waals surface area contributed by atoms with Crippen LogP contribution < -0.4 is 0 Å². The molecule has 7 atom stereocenters. The number of ether oxygens (including phenoxy) is 1. The van der Waals surface area contributed by atoms with Crippen LogP contribution in [-0.2, 0) is 9.53 Å². The number of cyclic esters (lactones) is 1. The molecular weight excluding hydrogens is 431 g/mol. The van der Waals surface area contributed by atoms with Crippen molar-refractivity contribution in [3.63, 3.8) is 0 Å². The molecule has 6 nitrogen and oxygen atoms in total. The highest BCUT2D eigenvalue weighted by Crippen LogP contribution is 2.54. The Morgan fingerprint density at radius 3 is 2.88 bits per heavy atom. The van der Waals surface area contributed by atoms with Gasteiger partial charge in [-0.1, -0.05) is 35.8 Å². The molecule has 0 bridgehead atoms. The van der Waals surface area contributed by atoms with Crippen molar-refractivity contribution in [1.82, 2.24) is 4.98 Å². The number of hydrogen-bond donors (Lipinski definition) is 0. The number of fused-ring (bicyclic) bond motifs is 2. The van der Waals surface area contributed by atoms with E-state index in [4.69, 9.17) is 10.3 Å². The number of carbonyl (C=O) groups excluding carboxylic acids is 1. The van der Waals surface area contributed by atoms with E-state index in [-0.39, 0.29) is 35.6 Å². The Kier molecular flexibility index (Phi) is 6.38. The van der Waals surface area contributed by atoms with Crippen molar-refractivity contribution in [3.8, 4) is 11.1 Å². The standard InChI is InChI=1S/C27H29FN4O2/c1-16-26-24(10-8-22-7-6-19(15-30-22)18-3-2-4-21(28)12-18)23-9-5-17(14-31-32-29)11-20(23)13-25(26)27(33)34-16/h2-4,6-8,10,12,15-17,20,23-26H,5,9,11,13-14H2,1H3/b10-8+/t16-,17-,20+,23-,24+,25-,26+/m1/s1. The molecule has 0 N–H and O–H groups in total. The molecular formula is C27H29FN4O2. The topological polar surface area (TPSA) is 88.0 Å². The largest absolute Gasteiger partial charge is 0.462 e. The lowest BCUT2D eigenvalue weighted by Gasteiger charge is -2.47. The molecule has 3 aliphatic rings. The van der Waals surface area contributed by atoms with Crippen LogP contribution in [0, 0.1) is 41.3 Å². The molecule has 0 spiro atoms. The van der Waals surface area contributed by atoms with Gasteiger partial charge in [0, 0.05) is 29.1 Å². The summed E-state index contributed by atoms with van der Waals surface area (Å²) in [7, 11) is 0. The molecule has 34 heavy (non-hydrogen) atoms. The molecule has 2 aromatic rings. The molecule has 5 rings (SSSR count). The molecule has 0 radical (unpaired) electrons. The first-order valence-electron chi connectivity index (χ1n) is 12.1. The number of azide groups is 1. The third-order valence-electron chi connectivity index (χ3n) is 8.09. The molecule has 2 heterocycles. The van der Waals surface area contributed by atoms with E-state index in [0.29, 0.717) is 24.3 Å². The van der Waals surface area contributed by atoms with E-state index in [0.717, 1.165) is 42.5 Å². The Labute approximate surface area is 198 Å². The number of halogens is 1. The minimum Gasteiger partial charge on any atom is -0.462 e. The normalized spacial score (nSPS) is 32.5. The van der Waals surface area contributed by atoms with Crippen molar-refractivity contribution in [2.45, 2.75) is 38.7 Å². The van der Waals surface area contributed by atoms with Crippen LogP contribution in [0.2, 0.25) is 0 Å². The second-order valence-electron chi connectivity index (χ2n) is 10.00. The maximum absolute atomic E-state index is 13.6. The van der Waals surface area contributed by atoms with Crippen LogP contribution in [0.15, 0.2) is 53.8 Å². The molecule has 1 saturated heterocycles. The van der Waals surface area contributed by atoms with Gasteiger partial charge >= 0.3 is 5.97 Å². The van der Waals surface area contributed by atoms with Crippen LogP contribution in [0.1, 0.15) is 38.3 Å². The Morgan fingerprint density at radius 1 is 1.24 bits per heavy atom. The van der Waals surface area contributed by atoms with E-state index in [9.17, 15) is 9.18 Å². The fourth-order valence-electron chi connectivity index (χ4n) is 6.58. The number of hydrogen-bond acceptors (Lipinski definition) is 4. The minimum atomic E-state index is -0.264. The van der Waals surface area contributed by atoms with Gasteiger partial charge in [-0.2, -0.15) is 0 Å². The first-order chi connectivity index (χ1) is 16.5. The molecule has 1 aromatic heterocycles. The van der Waals surface area contributed by atoms with E-state index in [2.05, 4.69) is 27.2 Å². The zero-order chi connectivity index (χ0) is 23.7. The van der Waals surface area contributed by atoms with Crippen LogP contribution in [0.5, 0.6) is 0 Å². The van der Waals surface area contributed by atoms with Crippen LogP contribution in [0.25, 0.3) is 27.6 Å². The molecule has 0 unspecified atom stereocenters. The maximum Gasteiger partial charge on any atom is 0.309 e. The number of allylic oxidation sites excluding steroid dienone is 1. The van der Waals surface area contributed by atoms with Crippen LogP contribution in [0.3, 0.4) is 0 Å². The summed E-state index contributed by atoms with van der Waals surface area (Å²) in [5, 5.41) is 3.80. The smallest absolute Gasteiger partial charge is 0.309 e. The summed E-state index contributed by atoms with van der Waals surface area (Å²) in [6.45, 7) is 2.56. The van der Waals surface area contributed by atoms with E-state index >= 15 is 0 Å². The van der Waals surface area contributed by atoms with Gasteiger partial charge in [0.1, 0.15) is 11.9 Å². The number of rotatable bonds is 5. The quantitative estimate of drug-likeness (QED) is 0.223. The highest BCUT2D eigenvalue weighted by molar-refractivity contribution is 5.75. The summed E-state index contributed by atoms with van der Waals surface area (Å²) in [6, 6.07) is 10.4. The summed E-state index contributed by atoms with van der Waals surface area (Å²) in [4.78, 5) is 20.1. The number of nitrogens with zero attached hydrogens (tertiary/aromatic N) is 4. The number of esters is 1. The van der Waals surface area contributed by atoms with Crippen molar-refractivity contribution in [2.24, 2.45) is 40.6 Å². The van der Waals surface area contributed by atoms with Gasteiger partial charge in [-0.05, 0) is 85.2 Å². The maximum atomic E-state index is 13.6. The van der Waals surface area contributed by atoms with Gasteiger partial charge in [0.15, 0.2) is 0 Å². The summed E-state index contributed by atoms with van der Waals surface area (Å²) in [5.41, 5.74) is 11.2. The van der Waals surface area contributed by atoms with Crippen molar-refractivity contribution in [1.29, 1.82) is 0 Å². The van der Waals surface area contributed by atoms with Gasteiger partial charge in [0.2, 0.25) is 0 Å². The van der Waals surface area contributed by atoms with Crippen molar-refractivity contribution in [2.75, 3.05) is 6.54 Å². The van der Waals surface area contributed by atoms with E-state index in [1.54, 1.807) is 12.3 Å². The van der Waals surface area contributed by atoms with Crippen LogP contribution >= 0.6 is 0 Å². The number of carbonyl (C=O) groups is 1. The summed E-state index contributed by atoms with van der Waals surface area (Å²) in [5.74, 6) is 1.36. The predicted molar refractivity (Wildman–Crippen MR) is 128 cm³/mol. The summed E-state index contributed by atoms with van der Waals surface area (Å²) in [6.07, 6.45) is 9.97. The second kappa shape index (κ2) is 9.59. The fourth-order valence-corrected chi connectivity index (χ4v) is 6.58. The first kappa shape index (κ1) is 22.6. The zero-order valence-corrected chi connectivity index (χ0v) is 19.3. The van der Waals surface area contributed by atoms with E-state index in [1.165, 1.54) is 12.1 Å². The highest BCUT2D eigenvalue weighted by Gasteiger charge is 2.54. The SMILES string of the molecule is C[C@H]1OC(=O)[C@@H]2C[C@@H]3C[C@H](CN=[N+]=[N-])CC[C@H]3[C@H](/C=C/c3ccc(-c4cccc(F)c4)cn3)[C@H]12. The van der Waals surface area contributed by atoms with E-state index < -0.39 is 0 Å². The molecule has 2 saturated carbocycles. The third kappa shape index (κ3) is 4.45. The molecule has 0 amide bonds. The lowest BCUT2D eigenvalue weighted by Crippen LogP contribution is -2.44. The van der Waals surface area contributed by atoms with Gasteiger partial charge in [-0.25, -0.2) is 4.39 Å². The lowest BCUT2D eigenvalue weighted by molar-refractivity contribution is -0.144. The van der Waals surface area contributed by atoms with E-state index in [1.807, 2.05) is 25.1 Å². The van der Waals surface area contributed by atoms with Crippen molar-refractivity contribution in [3.05, 3.63) is 70.6 Å². The summed E-state index contributed by atoms with van der Waals surface area (Å²) >= 11 is 0. The third-order valence-corrected chi connectivity index (χ3v) is 8.09. The molecule has 2 aliphatic carbocycles. The Hall–Kier alpha value is -3.18. The molecule has 176 valence electrons. The van der Waals surface area contributed by atoms with Crippen LogP contribution in [0.4, 0.5) is 4.39 Å². The minimum absolute atomic E-state index is 0.0626. The number of benzene rings is 1. The van der Waals surface area contributed by atoms with Gasteiger partial charge in [0.05, 0.1) is 11.6 Å².